The van der Waals surface area contributed by atoms with Gasteiger partial charge in [0.05, 0.1) is 0 Å². The summed E-state index contributed by atoms with van der Waals surface area (Å²) in [5, 5.41) is 8.61. The highest BCUT2D eigenvalue weighted by molar-refractivity contribution is 8.03. The van der Waals surface area contributed by atoms with Crippen LogP contribution in [0.3, 0.4) is 0 Å². The summed E-state index contributed by atoms with van der Waals surface area (Å²) in [5.41, 5.74) is 0. The van der Waals surface area contributed by atoms with Gasteiger partial charge in [0.15, 0.2) is 0 Å². The van der Waals surface area contributed by atoms with Gasteiger partial charge in [0.2, 0.25) is 0 Å². The number of carboxylic acids is 1. The smallest absolute Gasteiger partial charge is 0.303 e. The zero-order valence-corrected chi connectivity index (χ0v) is 15.1. The van der Waals surface area contributed by atoms with Gasteiger partial charge >= 0.3 is 5.97 Å². The van der Waals surface area contributed by atoms with Crippen molar-refractivity contribution in [1.82, 2.24) is 0 Å². The van der Waals surface area contributed by atoms with Gasteiger partial charge < -0.3 is 5.11 Å². The van der Waals surface area contributed by atoms with Crippen molar-refractivity contribution < 1.29 is 9.90 Å². The zero-order chi connectivity index (χ0) is 16.0. The summed E-state index contributed by atoms with van der Waals surface area (Å²) in [6, 6.07) is 0. The molecule has 128 valence electrons. The first-order valence-electron chi connectivity index (χ1n) is 9.28. The van der Waals surface area contributed by atoms with Gasteiger partial charge in [-0.05, 0) is 48.7 Å². The lowest BCUT2D eigenvalue weighted by Crippen LogP contribution is -1.98. The highest BCUT2D eigenvalue weighted by atomic mass is 32.2. The van der Waals surface area contributed by atoms with Crippen molar-refractivity contribution in [3.8, 4) is 0 Å². The SMILES string of the molecule is CCCCCCCC[C@H]1CCC=C1SCCCCCC(=O)O. The molecule has 0 amide bonds. The van der Waals surface area contributed by atoms with E-state index in [1.54, 1.807) is 4.91 Å². The molecule has 22 heavy (non-hydrogen) atoms. The average molecular weight is 327 g/mol. The Kier molecular flexibility index (Phi) is 11.6. The fraction of sp³-hybridized carbons (Fsp3) is 0.842. The molecule has 0 aromatic heterocycles. The van der Waals surface area contributed by atoms with Crippen LogP contribution in [-0.4, -0.2) is 16.8 Å². The Morgan fingerprint density at radius 2 is 1.86 bits per heavy atom. The largest absolute Gasteiger partial charge is 0.481 e. The van der Waals surface area contributed by atoms with E-state index in [1.165, 1.54) is 63.5 Å². The number of rotatable bonds is 14. The molecule has 0 aromatic rings. The van der Waals surface area contributed by atoms with Crippen LogP contribution in [0.2, 0.25) is 0 Å². The van der Waals surface area contributed by atoms with Gasteiger partial charge in [-0.25, -0.2) is 0 Å². The van der Waals surface area contributed by atoms with E-state index in [1.807, 2.05) is 11.8 Å². The van der Waals surface area contributed by atoms with Crippen molar-refractivity contribution in [3.63, 3.8) is 0 Å². The van der Waals surface area contributed by atoms with Crippen molar-refractivity contribution in [1.29, 1.82) is 0 Å². The van der Waals surface area contributed by atoms with Crippen LogP contribution in [0.25, 0.3) is 0 Å². The molecule has 0 saturated carbocycles. The topological polar surface area (TPSA) is 37.3 Å². The van der Waals surface area contributed by atoms with Gasteiger partial charge in [0.25, 0.3) is 0 Å². The van der Waals surface area contributed by atoms with Gasteiger partial charge in [0, 0.05) is 6.42 Å². The lowest BCUT2D eigenvalue weighted by Gasteiger charge is -2.14. The second-order valence-electron chi connectivity index (χ2n) is 6.49. The standard InChI is InChI=1S/C19H34O2S/c1-2-3-4-5-6-8-12-17-13-11-14-18(17)22-16-10-7-9-15-19(20)21/h14,17H,2-13,15-16H2,1H3,(H,20,21)/t17-/m0/s1. The third-order valence-corrected chi connectivity index (χ3v) is 5.80. The number of allylic oxidation sites excluding steroid dienone is 2. The summed E-state index contributed by atoms with van der Waals surface area (Å²) >= 11 is 2.04. The van der Waals surface area contributed by atoms with Crippen LogP contribution in [0.15, 0.2) is 11.0 Å². The van der Waals surface area contributed by atoms with Gasteiger partial charge in [-0.15, -0.1) is 11.8 Å². The fourth-order valence-corrected chi connectivity index (χ4v) is 4.41. The predicted molar refractivity (Wildman–Crippen MR) is 97.4 cm³/mol. The van der Waals surface area contributed by atoms with Crippen molar-refractivity contribution in [3.05, 3.63) is 11.0 Å². The molecule has 2 nitrogen and oxygen atoms in total. The van der Waals surface area contributed by atoms with E-state index in [4.69, 9.17) is 5.11 Å². The van der Waals surface area contributed by atoms with Crippen molar-refractivity contribution >= 4 is 17.7 Å². The van der Waals surface area contributed by atoms with E-state index in [9.17, 15) is 4.79 Å². The van der Waals surface area contributed by atoms with E-state index in [2.05, 4.69) is 13.0 Å². The molecule has 0 aromatic carbocycles. The first kappa shape index (κ1) is 19.6. The second-order valence-corrected chi connectivity index (χ2v) is 7.66. The van der Waals surface area contributed by atoms with E-state index in [0.29, 0.717) is 6.42 Å². The lowest BCUT2D eigenvalue weighted by molar-refractivity contribution is -0.137. The Bertz CT molecular complexity index is 325. The number of thioether (sulfide) groups is 1. The molecule has 1 aliphatic rings. The number of carboxylic acid groups (broad SMARTS) is 1. The number of hydrogen-bond donors (Lipinski definition) is 1. The maximum atomic E-state index is 10.5. The highest BCUT2D eigenvalue weighted by Gasteiger charge is 2.18. The Morgan fingerprint density at radius 3 is 2.64 bits per heavy atom. The third-order valence-electron chi connectivity index (χ3n) is 4.47. The molecule has 1 aliphatic carbocycles. The van der Waals surface area contributed by atoms with Gasteiger partial charge in [0.1, 0.15) is 0 Å². The zero-order valence-electron chi connectivity index (χ0n) is 14.3. The van der Waals surface area contributed by atoms with E-state index >= 15 is 0 Å². The normalized spacial score (nSPS) is 17.7. The minimum absolute atomic E-state index is 0.327. The van der Waals surface area contributed by atoms with Crippen LogP contribution >= 0.6 is 11.8 Å². The van der Waals surface area contributed by atoms with Crippen LogP contribution in [-0.2, 0) is 4.79 Å². The van der Waals surface area contributed by atoms with Crippen molar-refractivity contribution in [2.75, 3.05) is 5.75 Å². The Hall–Kier alpha value is -0.440. The lowest BCUT2D eigenvalue weighted by atomic mass is 10.00. The van der Waals surface area contributed by atoms with Crippen LogP contribution in [0.1, 0.15) is 90.4 Å². The van der Waals surface area contributed by atoms with E-state index in [-0.39, 0.29) is 0 Å². The van der Waals surface area contributed by atoms with Crippen LogP contribution in [0, 0.1) is 5.92 Å². The molecule has 0 radical (unpaired) electrons. The van der Waals surface area contributed by atoms with Crippen LogP contribution in [0.4, 0.5) is 0 Å². The molecular weight excluding hydrogens is 292 g/mol. The monoisotopic (exact) mass is 326 g/mol. The number of carbonyl (C=O) groups is 1. The molecule has 3 heteroatoms. The van der Waals surface area contributed by atoms with E-state index < -0.39 is 5.97 Å². The summed E-state index contributed by atoms with van der Waals surface area (Å²) in [7, 11) is 0. The van der Waals surface area contributed by atoms with Crippen LogP contribution < -0.4 is 0 Å². The summed E-state index contributed by atoms with van der Waals surface area (Å²) in [4.78, 5) is 12.1. The molecule has 1 rings (SSSR count). The average Bonchev–Trinajstić information content (AvgIpc) is 2.93. The molecule has 0 heterocycles. The molecule has 0 fully saturated rings. The Labute approximate surface area is 141 Å². The van der Waals surface area contributed by atoms with E-state index in [0.717, 1.165) is 25.2 Å². The fourth-order valence-electron chi connectivity index (χ4n) is 3.12. The minimum Gasteiger partial charge on any atom is -0.481 e. The first-order valence-corrected chi connectivity index (χ1v) is 10.3. The first-order chi connectivity index (χ1) is 10.7. The summed E-state index contributed by atoms with van der Waals surface area (Å²) in [6.45, 7) is 2.27. The van der Waals surface area contributed by atoms with Gasteiger partial charge in [-0.1, -0.05) is 57.9 Å². The maximum absolute atomic E-state index is 10.5. The van der Waals surface area contributed by atoms with Crippen molar-refractivity contribution in [2.45, 2.75) is 90.4 Å². The summed E-state index contributed by atoms with van der Waals surface area (Å²) in [5.74, 6) is 1.33. The molecular formula is C19H34O2S. The maximum Gasteiger partial charge on any atom is 0.303 e. The quantitative estimate of drug-likeness (QED) is 0.375. The molecule has 0 unspecified atom stereocenters. The predicted octanol–water partition coefficient (Wildman–Crippen LogP) is 6.41. The third kappa shape index (κ3) is 9.55. The number of hydrogen-bond acceptors (Lipinski definition) is 2. The van der Waals surface area contributed by atoms with Crippen molar-refractivity contribution in [2.24, 2.45) is 5.92 Å². The molecule has 1 N–H and O–H groups in total. The minimum atomic E-state index is -0.662. The molecule has 0 spiro atoms. The second kappa shape index (κ2) is 13.0. The molecule has 0 aliphatic heterocycles. The van der Waals surface area contributed by atoms with Gasteiger partial charge in [-0.3, -0.25) is 4.79 Å². The highest BCUT2D eigenvalue weighted by Crippen LogP contribution is 2.38. The summed E-state index contributed by atoms with van der Waals surface area (Å²) < 4.78 is 0. The van der Waals surface area contributed by atoms with Gasteiger partial charge in [-0.2, -0.15) is 0 Å². The molecule has 0 saturated heterocycles. The molecule has 1 atom stereocenters. The Balaban J connectivity index is 2.01. The Morgan fingerprint density at radius 1 is 1.14 bits per heavy atom. The van der Waals surface area contributed by atoms with Crippen LogP contribution in [0.5, 0.6) is 0 Å². The summed E-state index contributed by atoms with van der Waals surface area (Å²) in [6.07, 6.45) is 18.2. The number of aliphatic carboxylic acids is 1. The molecule has 0 bridgehead atoms. The number of unbranched alkanes of at least 4 members (excludes halogenated alkanes) is 7.